The third-order valence-corrected chi connectivity index (χ3v) is 2.65. The average molecular weight is 303 g/mol. The van der Waals surface area contributed by atoms with Crippen molar-refractivity contribution in [3.05, 3.63) is 26.7 Å². The standard InChI is InChI=1S/C6H4F3N3O6S/c7-6(8,9)18-3-4(19(10,16)17)2(12(14)15)1-11-5(3)13/h1H,(H,11,13)(H2,10,16,17). The molecule has 1 heterocycles. The van der Waals surface area contributed by atoms with Crippen molar-refractivity contribution in [2.45, 2.75) is 11.3 Å². The summed E-state index contributed by atoms with van der Waals surface area (Å²) < 4.78 is 61.5. The van der Waals surface area contributed by atoms with Crippen molar-refractivity contribution >= 4 is 15.7 Å². The van der Waals surface area contributed by atoms with E-state index >= 15 is 0 Å². The molecule has 13 heteroatoms. The number of hydrogen-bond donors (Lipinski definition) is 2. The second-order valence-corrected chi connectivity index (χ2v) is 4.51. The molecule has 0 unspecified atom stereocenters. The number of rotatable bonds is 3. The van der Waals surface area contributed by atoms with Crippen LogP contribution in [-0.2, 0) is 10.0 Å². The van der Waals surface area contributed by atoms with Crippen molar-refractivity contribution in [3.8, 4) is 5.75 Å². The Balaban J connectivity index is 3.75. The summed E-state index contributed by atoms with van der Waals surface area (Å²) in [6.45, 7) is 0. The molecule has 0 aromatic carbocycles. The molecule has 1 rings (SSSR count). The van der Waals surface area contributed by atoms with Gasteiger partial charge in [0.15, 0.2) is 0 Å². The molecule has 3 N–H and O–H groups in total. The molecule has 0 aliphatic rings. The summed E-state index contributed by atoms with van der Waals surface area (Å²) in [5.74, 6) is -1.82. The smallest absolute Gasteiger partial charge is 0.398 e. The van der Waals surface area contributed by atoms with Crippen molar-refractivity contribution in [2.75, 3.05) is 0 Å². The fourth-order valence-electron chi connectivity index (χ4n) is 1.10. The highest BCUT2D eigenvalue weighted by Gasteiger charge is 2.39. The first-order valence-electron chi connectivity index (χ1n) is 4.12. The van der Waals surface area contributed by atoms with E-state index in [4.69, 9.17) is 0 Å². The SMILES string of the molecule is NS(=O)(=O)c1c([N+](=O)[O-])c[nH]c(=O)c1OC(F)(F)F. The van der Waals surface area contributed by atoms with Crippen molar-refractivity contribution in [2.24, 2.45) is 5.14 Å². The van der Waals surface area contributed by atoms with Gasteiger partial charge >= 0.3 is 12.0 Å². The minimum Gasteiger partial charge on any atom is -0.398 e. The number of nitrogens with two attached hydrogens (primary N) is 1. The molecule has 19 heavy (non-hydrogen) atoms. The van der Waals surface area contributed by atoms with Crippen LogP contribution in [-0.4, -0.2) is 24.7 Å². The van der Waals surface area contributed by atoms with Gasteiger partial charge < -0.3 is 9.72 Å². The molecule has 0 saturated carbocycles. The zero-order valence-corrected chi connectivity index (χ0v) is 9.41. The van der Waals surface area contributed by atoms with Crippen LogP contribution in [0.25, 0.3) is 0 Å². The lowest BCUT2D eigenvalue weighted by Crippen LogP contribution is -2.27. The normalized spacial score (nSPS) is 12.2. The Morgan fingerprint density at radius 1 is 1.42 bits per heavy atom. The number of halogens is 3. The van der Waals surface area contributed by atoms with E-state index in [0.29, 0.717) is 6.20 Å². The second-order valence-electron chi connectivity index (χ2n) is 3.01. The van der Waals surface area contributed by atoms with Gasteiger partial charge in [0.2, 0.25) is 20.7 Å². The van der Waals surface area contributed by atoms with Gasteiger partial charge in [0.1, 0.15) is 0 Å². The van der Waals surface area contributed by atoms with Crippen LogP contribution < -0.4 is 15.4 Å². The van der Waals surface area contributed by atoms with E-state index in [1.54, 1.807) is 4.98 Å². The van der Waals surface area contributed by atoms with Crippen LogP contribution in [0.3, 0.4) is 0 Å². The molecular weight excluding hydrogens is 299 g/mol. The van der Waals surface area contributed by atoms with Crippen LogP contribution in [0.2, 0.25) is 0 Å². The number of pyridine rings is 1. The molecule has 9 nitrogen and oxygen atoms in total. The number of nitrogens with zero attached hydrogens (tertiary/aromatic N) is 1. The number of sulfonamides is 1. The van der Waals surface area contributed by atoms with E-state index in [1.807, 2.05) is 0 Å². The second kappa shape index (κ2) is 4.51. The van der Waals surface area contributed by atoms with Crippen molar-refractivity contribution in [1.29, 1.82) is 0 Å². The van der Waals surface area contributed by atoms with Crippen LogP contribution >= 0.6 is 0 Å². The Kier molecular flexibility index (Phi) is 3.54. The molecular formula is C6H4F3N3O6S. The summed E-state index contributed by atoms with van der Waals surface area (Å²) in [4.78, 5) is 20.2. The van der Waals surface area contributed by atoms with Gasteiger partial charge in [-0.25, -0.2) is 13.6 Å². The fourth-order valence-corrected chi connectivity index (χ4v) is 1.92. The first-order valence-corrected chi connectivity index (χ1v) is 5.66. The quantitative estimate of drug-likeness (QED) is 0.585. The zero-order valence-electron chi connectivity index (χ0n) is 8.59. The first-order chi connectivity index (χ1) is 8.43. The Morgan fingerprint density at radius 2 is 1.95 bits per heavy atom. The van der Waals surface area contributed by atoms with Gasteiger partial charge in [-0.05, 0) is 0 Å². The number of nitrogens with one attached hydrogen (secondary N) is 1. The topological polar surface area (TPSA) is 145 Å². The first kappa shape index (κ1) is 14.9. The van der Waals surface area contributed by atoms with E-state index in [9.17, 15) is 36.5 Å². The summed E-state index contributed by atoms with van der Waals surface area (Å²) in [5.41, 5.74) is -2.98. The molecule has 0 fully saturated rings. The predicted molar refractivity (Wildman–Crippen MR) is 51.8 cm³/mol. The van der Waals surface area contributed by atoms with Crippen molar-refractivity contribution < 1.29 is 31.2 Å². The van der Waals surface area contributed by atoms with Gasteiger partial charge in [-0.1, -0.05) is 0 Å². The third kappa shape index (κ3) is 3.41. The molecule has 1 aromatic heterocycles. The molecule has 0 atom stereocenters. The Labute approximate surface area is 102 Å². The lowest BCUT2D eigenvalue weighted by Gasteiger charge is -2.10. The maximum absolute atomic E-state index is 12.0. The zero-order chi connectivity index (χ0) is 15.0. The van der Waals surface area contributed by atoms with Crippen molar-refractivity contribution in [3.63, 3.8) is 0 Å². The van der Waals surface area contributed by atoms with Crippen LogP contribution in [0, 0.1) is 10.1 Å². The van der Waals surface area contributed by atoms with Crippen LogP contribution in [0.15, 0.2) is 15.9 Å². The monoisotopic (exact) mass is 303 g/mol. The fraction of sp³-hybridized carbons (Fsp3) is 0.167. The van der Waals surface area contributed by atoms with E-state index in [2.05, 4.69) is 9.88 Å². The van der Waals surface area contributed by atoms with Crippen LogP contribution in [0.4, 0.5) is 18.9 Å². The molecule has 0 radical (unpaired) electrons. The van der Waals surface area contributed by atoms with E-state index < -0.39 is 43.2 Å². The highest BCUT2D eigenvalue weighted by molar-refractivity contribution is 7.89. The predicted octanol–water partition coefficient (Wildman–Crippen LogP) is -0.171. The maximum atomic E-state index is 12.0. The molecule has 0 saturated heterocycles. The lowest BCUT2D eigenvalue weighted by atomic mass is 10.4. The lowest BCUT2D eigenvalue weighted by molar-refractivity contribution is -0.388. The van der Waals surface area contributed by atoms with Gasteiger partial charge in [0.25, 0.3) is 5.56 Å². The largest absolute Gasteiger partial charge is 0.573 e. The molecule has 0 spiro atoms. The summed E-state index contributed by atoms with van der Waals surface area (Å²) >= 11 is 0. The molecule has 0 aliphatic heterocycles. The molecule has 1 aromatic rings. The average Bonchev–Trinajstić information content (AvgIpc) is 2.16. The number of hydrogen-bond acceptors (Lipinski definition) is 6. The number of aromatic amines is 1. The number of ether oxygens (including phenoxy) is 1. The molecule has 0 amide bonds. The van der Waals surface area contributed by atoms with Gasteiger partial charge in [0.05, 0.1) is 11.1 Å². The van der Waals surface area contributed by atoms with Crippen molar-refractivity contribution in [1.82, 2.24) is 4.98 Å². The number of aromatic nitrogens is 1. The van der Waals surface area contributed by atoms with E-state index in [0.717, 1.165) is 0 Å². The number of nitro groups is 1. The Morgan fingerprint density at radius 3 is 2.32 bits per heavy atom. The molecule has 0 bridgehead atoms. The highest BCUT2D eigenvalue weighted by Crippen LogP contribution is 2.31. The van der Waals surface area contributed by atoms with Gasteiger partial charge in [-0.2, -0.15) is 0 Å². The third-order valence-electron chi connectivity index (χ3n) is 1.68. The van der Waals surface area contributed by atoms with Gasteiger partial charge in [-0.15, -0.1) is 13.2 Å². The van der Waals surface area contributed by atoms with Crippen LogP contribution in [0.1, 0.15) is 0 Å². The highest BCUT2D eigenvalue weighted by atomic mass is 32.2. The molecule has 106 valence electrons. The van der Waals surface area contributed by atoms with Crippen LogP contribution in [0.5, 0.6) is 5.75 Å². The summed E-state index contributed by atoms with van der Waals surface area (Å²) in [7, 11) is -4.99. The Bertz CT molecular complexity index is 678. The molecule has 0 aliphatic carbocycles. The van der Waals surface area contributed by atoms with E-state index in [1.165, 1.54) is 0 Å². The van der Waals surface area contributed by atoms with Gasteiger partial charge in [0, 0.05) is 0 Å². The minimum absolute atomic E-state index is 0.297. The summed E-state index contributed by atoms with van der Waals surface area (Å²) in [6.07, 6.45) is -5.13. The van der Waals surface area contributed by atoms with Gasteiger partial charge in [-0.3, -0.25) is 14.9 Å². The Hall–Kier alpha value is -2.15. The minimum atomic E-state index is -5.43. The van der Waals surface area contributed by atoms with E-state index in [-0.39, 0.29) is 0 Å². The number of H-pyrrole nitrogens is 1. The number of primary sulfonamides is 1. The number of alkyl halides is 3. The maximum Gasteiger partial charge on any atom is 0.573 e. The summed E-state index contributed by atoms with van der Waals surface area (Å²) in [6, 6.07) is 0. The summed E-state index contributed by atoms with van der Waals surface area (Å²) in [5, 5.41) is 15.1.